The van der Waals surface area contributed by atoms with Crippen LogP contribution in [0.5, 0.6) is 0 Å². The van der Waals surface area contributed by atoms with E-state index >= 15 is 0 Å². The van der Waals surface area contributed by atoms with Crippen LogP contribution in [-0.4, -0.2) is 44.4 Å². The van der Waals surface area contributed by atoms with Gasteiger partial charge in [-0.15, -0.1) is 0 Å². The van der Waals surface area contributed by atoms with Crippen LogP contribution >= 0.6 is 0 Å². The maximum Gasteiger partial charge on any atom is 0.407 e. The Morgan fingerprint density at radius 3 is 2.10 bits per heavy atom. The zero-order valence-electron chi connectivity index (χ0n) is 14.9. The Morgan fingerprint density at radius 2 is 1.71 bits per heavy atom. The number of rotatable bonds is 6. The van der Waals surface area contributed by atoms with E-state index in [0.717, 1.165) is 0 Å². The molecule has 21 heavy (non-hydrogen) atoms. The van der Waals surface area contributed by atoms with Crippen molar-refractivity contribution in [3.05, 3.63) is 0 Å². The molecular formula is C15H33NO4Si. The number of carbonyl (C=O) groups is 1. The van der Waals surface area contributed by atoms with E-state index in [1.807, 2.05) is 0 Å². The lowest BCUT2D eigenvalue weighted by molar-refractivity contribution is 0.0473. The highest BCUT2D eigenvalue weighted by molar-refractivity contribution is 6.74. The van der Waals surface area contributed by atoms with Crippen LogP contribution in [0, 0.1) is 0 Å². The number of amides is 1. The molecule has 0 rings (SSSR count). The molecule has 0 heterocycles. The van der Waals surface area contributed by atoms with Crippen molar-refractivity contribution in [1.29, 1.82) is 0 Å². The molecule has 0 radical (unpaired) electrons. The van der Waals surface area contributed by atoms with Gasteiger partial charge in [-0.2, -0.15) is 0 Å². The molecule has 0 aliphatic carbocycles. The fourth-order valence-electron chi connectivity index (χ4n) is 1.36. The first-order valence-corrected chi connectivity index (χ1v) is 10.4. The topological polar surface area (TPSA) is 67.8 Å². The van der Waals surface area contributed by atoms with Gasteiger partial charge in [0.25, 0.3) is 0 Å². The first-order chi connectivity index (χ1) is 9.28. The number of hydrogen-bond donors (Lipinski definition) is 2. The minimum absolute atomic E-state index is 0.125. The van der Waals surface area contributed by atoms with E-state index < -0.39 is 20.0 Å². The summed E-state index contributed by atoms with van der Waals surface area (Å²) in [6.07, 6.45) is 0.0660. The van der Waals surface area contributed by atoms with E-state index in [2.05, 4.69) is 39.2 Å². The van der Waals surface area contributed by atoms with E-state index in [-0.39, 0.29) is 17.7 Å². The third kappa shape index (κ3) is 8.43. The van der Waals surface area contributed by atoms with Crippen LogP contribution in [0.3, 0.4) is 0 Å². The van der Waals surface area contributed by atoms with Gasteiger partial charge in [-0.25, -0.2) is 4.79 Å². The predicted molar refractivity (Wildman–Crippen MR) is 88.0 cm³/mol. The Kier molecular flexibility index (Phi) is 7.39. The summed E-state index contributed by atoms with van der Waals surface area (Å²) in [5.41, 5.74) is -0.540. The highest BCUT2D eigenvalue weighted by Crippen LogP contribution is 2.36. The number of ether oxygens (including phenoxy) is 1. The van der Waals surface area contributed by atoms with Crippen molar-refractivity contribution in [2.75, 3.05) is 13.2 Å². The Labute approximate surface area is 130 Å². The first kappa shape index (κ1) is 20.4. The quantitative estimate of drug-likeness (QED) is 0.737. The van der Waals surface area contributed by atoms with Crippen molar-refractivity contribution in [3.8, 4) is 0 Å². The SMILES string of the molecule is CC(C)(C)OC(=O)N[C@H](CO)CCO[Si](C)(C)C(C)(C)C. The van der Waals surface area contributed by atoms with E-state index in [0.29, 0.717) is 13.0 Å². The summed E-state index contributed by atoms with van der Waals surface area (Å²) in [6.45, 7) is 16.7. The normalized spacial score (nSPS) is 14.7. The molecular weight excluding hydrogens is 286 g/mol. The van der Waals surface area contributed by atoms with E-state index in [1.165, 1.54) is 0 Å². The Hall–Kier alpha value is -0.593. The third-order valence-corrected chi connectivity index (χ3v) is 8.21. The second-order valence-corrected chi connectivity index (χ2v) is 12.7. The number of nitrogens with one attached hydrogen (secondary N) is 1. The molecule has 5 nitrogen and oxygen atoms in total. The molecule has 126 valence electrons. The summed E-state index contributed by atoms with van der Waals surface area (Å²) in [5.74, 6) is 0. The average molecular weight is 320 g/mol. The molecule has 0 aromatic carbocycles. The monoisotopic (exact) mass is 319 g/mol. The van der Waals surface area contributed by atoms with Gasteiger partial charge in [0.05, 0.1) is 12.6 Å². The molecule has 0 spiro atoms. The molecule has 6 heteroatoms. The molecule has 0 aliphatic heterocycles. The van der Waals surface area contributed by atoms with Crippen LogP contribution in [0.15, 0.2) is 0 Å². The zero-order valence-corrected chi connectivity index (χ0v) is 15.9. The van der Waals surface area contributed by atoms with Crippen molar-refractivity contribution < 1.29 is 19.1 Å². The number of aliphatic hydroxyl groups is 1. The number of hydrogen-bond acceptors (Lipinski definition) is 4. The van der Waals surface area contributed by atoms with Gasteiger partial charge in [0.15, 0.2) is 8.32 Å². The zero-order chi connectivity index (χ0) is 16.9. The van der Waals surface area contributed by atoms with Gasteiger partial charge in [-0.05, 0) is 45.3 Å². The average Bonchev–Trinajstić information content (AvgIpc) is 2.23. The van der Waals surface area contributed by atoms with Gasteiger partial charge < -0.3 is 19.6 Å². The van der Waals surface area contributed by atoms with E-state index in [1.54, 1.807) is 20.8 Å². The molecule has 0 unspecified atom stereocenters. The van der Waals surface area contributed by atoms with Gasteiger partial charge in [-0.1, -0.05) is 20.8 Å². The third-order valence-electron chi connectivity index (χ3n) is 3.68. The molecule has 0 aromatic rings. The molecule has 0 aromatic heterocycles. The summed E-state index contributed by atoms with van der Waals surface area (Å²) in [7, 11) is -1.79. The number of carbonyl (C=O) groups excluding carboxylic acids is 1. The summed E-state index contributed by atoms with van der Waals surface area (Å²) < 4.78 is 11.2. The first-order valence-electron chi connectivity index (χ1n) is 7.53. The van der Waals surface area contributed by atoms with E-state index in [4.69, 9.17) is 9.16 Å². The van der Waals surface area contributed by atoms with Crippen LogP contribution < -0.4 is 5.32 Å². The van der Waals surface area contributed by atoms with Gasteiger partial charge >= 0.3 is 6.09 Å². The Bertz CT molecular complexity index is 332. The minimum atomic E-state index is -1.79. The number of aliphatic hydroxyl groups excluding tert-OH is 1. The fraction of sp³-hybridized carbons (Fsp3) is 0.933. The van der Waals surface area contributed by atoms with Gasteiger partial charge in [0.2, 0.25) is 0 Å². The highest BCUT2D eigenvalue weighted by atomic mass is 28.4. The molecule has 1 amide bonds. The second-order valence-electron chi connectivity index (χ2n) is 7.92. The smallest absolute Gasteiger partial charge is 0.407 e. The van der Waals surface area contributed by atoms with Crippen molar-refractivity contribution >= 4 is 14.4 Å². The lowest BCUT2D eigenvalue weighted by Gasteiger charge is -2.36. The van der Waals surface area contributed by atoms with Crippen LogP contribution in [0.25, 0.3) is 0 Å². The van der Waals surface area contributed by atoms with Gasteiger partial charge in [0, 0.05) is 6.61 Å². The highest BCUT2D eigenvalue weighted by Gasteiger charge is 2.37. The lowest BCUT2D eigenvalue weighted by atomic mass is 10.2. The van der Waals surface area contributed by atoms with E-state index in [9.17, 15) is 9.90 Å². The molecule has 0 saturated carbocycles. The minimum Gasteiger partial charge on any atom is -0.444 e. The Morgan fingerprint density at radius 1 is 1.19 bits per heavy atom. The fourth-order valence-corrected chi connectivity index (χ4v) is 2.42. The van der Waals surface area contributed by atoms with Gasteiger partial charge in [0.1, 0.15) is 5.60 Å². The Balaban J connectivity index is 4.26. The maximum atomic E-state index is 11.7. The van der Waals surface area contributed by atoms with Crippen molar-refractivity contribution in [3.63, 3.8) is 0 Å². The van der Waals surface area contributed by atoms with Crippen LogP contribution in [0.1, 0.15) is 48.0 Å². The van der Waals surface area contributed by atoms with Crippen LogP contribution in [0.4, 0.5) is 4.79 Å². The standard InChI is InChI=1S/C15H33NO4Si/c1-14(2,3)20-13(18)16-12(11-17)9-10-19-21(7,8)15(4,5)6/h12,17H,9-11H2,1-8H3,(H,16,18)/t12-/m0/s1. The number of alkyl carbamates (subject to hydrolysis) is 1. The van der Waals surface area contributed by atoms with Gasteiger partial charge in [-0.3, -0.25) is 0 Å². The molecule has 0 bridgehead atoms. The van der Waals surface area contributed by atoms with Crippen molar-refractivity contribution in [1.82, 2.24) is 5.32 Å². The molecule has 0 aliphatic rings. The maximum absolute atomic E-state index is 11.7. The largest absolute Gasteiger partial charge is 0.444 e. The molecule has 1 atom stereocenters. The summed E-state index contributed by atoms with van der Waals surface area (Å²) in [4.78, 5) is 11.7. The van der Waals surface area contributed by atoms with Crippen LogP contribution in [0.2, 0.25) is 18.1 Å². The van der Waals surface area contributed by atoms with Crippen molar-refractivity contribution in [2.24, 2.45) is 0 Å². The predicted octanol–water partition coefficient (Wildman–Crippen LogP) is 3.28. The molecule has 0 saturated heterocycles. The molecule has 2 N–H and O–H groups in total. The molecule has 0 fully saturated rings. The van der Waals surface area contributed by atoms with Crippen molar-refractivity contribution in [2.45, 2.75) is 77.7 Å². The summed E-state index contributed by atoms with van der Waals surface area (Å²) >= 11 is 0. The van der Waals surface area contributed by atoms with Crippen LogP contribution in [-0.2, 0) is 9.16 Å². The summed E-state index contributed by atoms with van der Waals surface area (Å²) in [5, 5.41) is 12.2. The lowest BCUT2D eigenvalue weighted by Crippen LogP contribution is -2.44. The summed E-state index contributed by atoms with van der Waals surface area (Å²) in [6, 6.07) is -0.343. The second kappa shape index (κ2) is 7.60.